The number of likely N-dealkylation sites (tertiary alicyclic amines) is 1. The van der Waals surface area contributed by atoms with Crippen LogP contribution in [0.25, 0.3) is 5.76 Å². The highest BCUT2D eigenvalue weighted by Crippen LogP contribution is 2.39. The lowest BCUT2D eigenvalue weighted by atomic mass is 9.95. The molecule has 7 heteroatoms. The van der Waals surface area contributed by atoms with E-state index >= 15 is 0 Å². The molecule has 0 spiro atoms. The Balaban J connectivity index is 2.14. The molecule has 1 unspecified atom stereocenters. The van der Waals surface area contributed by atoms with Gasteiger partial charge in [-0.2, -0.15) is 0 Å². The third-order valence-electron chi connectivity index (χ3n) is 4.60. The number of halogens is 1. The lowest BCUT2D eigenvalue weighted by molar-refractivity contribution is -0.140. The second-order valence-corrected chi connectivity index (χ2v) is 6.71. The number of hydrogen-bond acceptors (Lipinski definition) is 5. The summed E-state index contributed by atoms with van der Waals surface area (Å²) in [6.07, 6.45) is 0. The van der Waals surface area contributed by atoms with Crippen LogP contribution in [0.5, 0.6) is 5.75 Å². The fourth-order valence-electron chi connectivity index (χ4n) is 3.23. The molecule has 1 amide bonds. The average molecular weight is 402 g/mol. The van der Waals surface area contributed by atoms with Crippen LogP contribution in [-0.2, 0) is 14.3 Å². The Kier molecular flexibility index (Phi) is 6.02. The van der Waals surface area contributed by atoms with E-state index in [1.807, 2.05) is 0 Å². The van der Waals surface area contributed by atoms with Gasteiger partial charge in [0.05, 0.1) is 25.3 Å². The first kappa shape index (κ1) is 19.9. The molecule has 6 nitrogen and oxygen atoms in total. The SMILES string of the molecule is COCCN1C(=O)C(=O)C(=C(O)c2ccc(OC)cc2)C1c1cccc(Cl)c1. The van der Waals surface area contributed by atoms with Crippen LogP contribution in [0.1, 0.15) is 17.2 Å². The van der Waals surface area contributed by atoms with Crippen molar-refractivity contribution in [1.82, 2.24) is 4.90 Å². The molecule has 0 bridgehead atoms. The summed E-state index contributed by atoms with van der Waals surface area (Å²) in [5.74, 6) is -1.05. The molecule has 0 saturated carbocycles. The quantitative estimate of drug-likeness (QED) is 0.456. The van der Waals surface area contributed by atoms with Crippen molar-refractivity contribution in [1.29, 1.82) is 0 Å². The molecule has 1 fully saturated rings. The van der Waals surface area contributed by atoms with Gasteiger partial charge < -0.3 is 19.5 Å². The normalized spacial score (nSPS) is 18.5. The molecular weight excluding hydrogens is 382 g/mol. The maximum atomic E-state index is 12.8. The van der Waals surface area contributed by atoms with Gasteiger partial charge >= 0.3 is 0 Å². The smallest absolute Gasteiger partial charge is 0.295 e. The molecule has 0 radical (unpaired) electrons. The Morgan fingerprint density at radius 2 is 1.86 bits per heavy atom. The van der Waals surface area contributed by atoms with Crippen LogP contribution in [0.2, 0.25) is 5.02 Å². The molecule has 1 atom stereocenters. The van der Waals surface area contributed by atoms with Crippen molar-refractivity contribution in [2.45, 2.75) is 6.04 Å². The van der Waals surface area contributed by atoms with Crippen molar-refractivity contribution in [3.8, 4) is 5.75 Å². The Hall–Kier alpha value is -2.83. The molecule has 28 heavy (non-hydrogen) atoms. The van der Waals surface area contributed by atoms with Crippen molar-refractivity contribution in [3.05, 3.63) is 70.3 Å². The number of Topliss-reactive ketones (excluding diaryl/α,β-unsaturated/α-hetero) is 1. The van der Waals surface area contributed by atoms with E-state index in [4.69, 9.17) is 21.1 Å². The number of amides is 1. The summed E-state index contributed by atoms with van der Waals surface area (Å²) in [5, 5.41) is 11.4. The summed E-state index contributed by atoms with van der Waals surface area (Å²) >= 11 is 6.12. The van der Waals surface area contributed by atoms with Crippen LogP contribution in [0.3, 0.4) is 0 Å². The molecule has 2 aromatic rings. The van der Waals surface area contributed by atoms with E-state index in [1.165, 1.54) is 19.1 Å². The molecule has 0 aliphatic carbocycles. The van der Waals surface area contributed by atoms with Crippen LogP contribution in [-0.4, -0.2) is 49.1 Å². The predicted molar refractivity (Wildman–Crippen MR) is 105 cm³/mol. The molecule has 1 aliphatic heterocycles. The molecule has 3 rings (SSSR count). The fourth-order valence-corrected chi connectivity index (χ4v) is 3.43. The number of benzene rings is 2. The van der Waals surface area contributed by atoms with Gasteiger partial charge in [0, 0.05) is 24.2 Å². The summed E-state index contributed by atoms with van der Waals surface area (Å²) in [4.78, 5) is 26.8. The zero-order chi connectivity index (χ0) is 20.3. The number of carbonyl (C=O) groups is 2. The largest absolute Gasteiger partial charge is 0.507 e. The molecule has 1 saturated heterocycles. The predicted octanol–water partition coefficient (Wildman–Crippen LogP) is 3.42. The topological polar surface area (TPSA) is 76.1 Å². The first-order valence-electron chi connectivity index (χ1n) is 8.65. The van der Waals surface area contributed by atoms with Gasteiger partial charge in [0.2, 0.25) is 0 Å². The third kappa shape index (κ3) is 3.74. The second kappa shape index (κ2) is 8.46. The number of aliphatic hydroxyl groups excluding tert-OH is 1. The minimum Gasteiger partial charge on any atom is -0.507 e. The van der Waals surface area contributed by atoms with Crippen molar-refractivity contribution in [2.75, 3.05) is 27.4 Å². The molecule has 1 N–H and O–H groups in total. The van der Waals surface area contributed by atoms with Gasteiger partial charge in [0.1, 0.15) is 11.5 Å². The highest BCUT2D eigenvalue weighted by molar-refractivity contribution is 6.46. The van der Waals surface area contributed by atoms with Gasteiger partial charge in [-0.15, -0.1) is 0 Å². The Morgan fingerprint density at radius 3 is 2.46 bits per heavy atom. The van der Waals surface area contributed by atoms with Gasteiger partial charge in [-0.3, -0.25) is 9.59 Å². The summed E-state index contributed by atoms with van der Waals surface area (Å²) in [6, 6.07) is 12.7. The lowest BCUT2D eigenvalue weighted by Gasteiger charge is -2.25. The van der Waals surface area contributed by atoms with Crippen LogP contribution in [0.4, 0.5) is 0 Å². The summed E-state index contributed by atoms with van der Waals surface area (Å²) in [5.41, 5.74) is 1.07. The van der Waals surface area contributed by atoms with Crippen LogP contribution < -0.4 is 4.74 Å². The highest BCUT2D eigenvalue weighted by atomic mass is 35.5. The molecule has 2 aromatic carbocycles. The Bertz CT molecular complexity index is 923. The number of rotatable bonds is 6. The van der Waals surface area contributed by atoms with E-state index in [1.54, 1.807) is 48.5 Å². The number of hydrogen-bond donors (Lipinski definition) is 1. The van der Waals surface area contributed by atoms with Crippen LogP contribution >= 0.6 is 11.6 Å². The lowest BCUT2D eigenvalue weighted by Crippen LogP contribution is -2.32. The van der Waals surface area contributed by atoms with E-state index in [2.05, 4.69) is 0 Å². The van der Waals surface area contributed by atoms with Crippen molar-refractivity contribution in [3.63, 3.8) is 0 Å². The number of carbonyl (C=O) groups excluding carboxylic acids is 2. The maximum Gasteiger partial charge on any atom is 0.295 e. The zero-order valence-electron chi connectivity index (χ0n) is 15.5. The monoisotopic (exact) mass is 401 g/mol. The number of ether oxygens (including phenoxy) is 2. The first-order chi connectivity index (χ1) is 13.5. The number of nitrogens with zero attached hydrogens (tertiary/aromatic N) is 1. The summed E-state index contributed by atoms with van der Waals surface area (Å²) in [7, 11) is 3.05. The van der Waals surface area contributed by atoms with E-state index in [0.29, 0.717) is 21.9 Å². The molecule has 1 heterocycles. The Labute approximate surface area is 167 Å². The van der Waals surface area contributed by atoms with E-state index in [-0.39, 0.29) is 24.5 Å². The summed E-state index contributed by atoms with van der Waals surface area (Å²) < 4.78 is 10.2. The van der Waals surface area contributed by atoms with Crippen molar-refractivity contribution < 1.29 is 24.2 Å². The van der Waals surface area contributed by atoms with Gasteiger partial charge in [-0.1, -0.05) is 23.7 Å². The molecule has 0 aromatic heterocycles. The fraction of sp³-hybridized carbons (Fsp3) is 0.238. The Morgan fingerprint density at radius 1 is 1.14 bits per heavy atom. The minimum absolute atomic E-state index is 0.0218. The van der Waals surface area contributed by atoms with Crippen molar-refractivity contribution >= 4 is 29.1 Å². The highest BCUT2D eigenvalue weighted by Gasteiger charge is 2.45. The van der Waals surface area contributed by atoms with E-state index in [0.717, 1.165) is 0 Å². The number of ketones is 1. The third-order valence-corrected chi connectivity index (χ3v) is 4.84. The maximum absolute atomic E-state index is 12.8. The standard InChI is InChI=1S/C21H20ClNO5/c1-27-11-10-23-18(14-4-3-5-15(22)12-14)17(20(25)21(23)26)19(24)13-6-8-16(28-2)9-7-13/h3-9,12,18,24H,10-11H2,1-2H3. The van der Waals surface area contributed by atoms with Crippen LogP contribution in [0.15, 0.2) is 54.1 Å². The summed E-state index contributed by atoms with van der Waals surface area (Å²) in [6.45, 7) is 0.463. The number of methoxy groups -OCH3 is 2. The van der Waals surface area contributed by atoms with Gasteiger partial charge in [0.15, 0.2) is 0 Å². The van der Waals surface area contributed by atoms with Gasteiger partial charge in [-0.05, 0) is 42.0 Å². The van der Waals surface area contributed by atoms with E-state index < -0.39 is 17.7 Å². The molecular formula is C21H20ClNO5. The number of aliphatic hydroxyl groups is 1. The van der Waals surface area contributed by atoms with Crippen molar-refractivity contribution in [2.24, 2.45) is 0 Å². The van der Waals surface area contributed by atoms with Gasteiger partial charge in [0.25, 0.3) is 11.7 Å². The van der Waals surface area contributed by atoms with Crippen LogP contribution in [0, 0.1) is 0 Å². The molecule has 1 aliphatic rings. The van der Waals surface area contributed by atoms with E-state index in [9.17, 15) is 14.7 Å². The zero-order valence-corrected chi connectivity index (χ0v) is 16.3. The second-order valence-electron chi connectivity index (χ2n) is 6.27. The molecule has 146 valence electrons. The van der Waals surface area contributed by atoms with Gasteiger partial charge in [-0.25, -0.2) is 0 Å². The minimum atomic E-state index is -0.754. The first-order valence-corrected chi connectivity index (χ1v) is 9.03. The average Bonchev–Trinajstić information content (AvgIpc) is 2.96.